The summed E-state index contributed by atoms with van der Waals surface area (Å²) in [5.41, 5.74) is -1.07. The van der Waals surface area contributed by atoms with Crippen LogP contribution in [0.15, 0.2) is 10.9 Å². The van der Waals surface area contributed by atoms with E-state index in [1.807, 2.05) is 0 Å². The number of amides is 2. The Balaban J connectivity index is 2.12. The van der Waals surface area contributed by atoms with E-state index in [9.17, 15) is 9.59 Å². The number of ether oxygens (including phenoxy) is 2. The molecule has 152 valence electrons. The SMILES string of the molecule is CC(C)(C)OC(=O)N(C(=O)OC(C)(C)C)c1ncnc2c1c(Br)nn2C1CC1. The number of hydrogen-bond acceptors (Lipinski definition) is 7. The van der Waals surface area contributed by atoms with Crippen molar-refractivity contribution in [1.29, 1.82) is 0 Å². The Bertz CT molecular complexity index is 896. The first-order valence-corrected chi connectivity index (χ1v) is 9.81. The summed E-state index contributed by atoms with van der Waals surface area (Å²) in [5.74, 6) is 0.0623. The van der Waals surface area contributed by atoms with Crippen molar-refractivity contribution in [2.75, 3.05) is 4.90 Å². The van der Waals surface area contributed by atoms with Crippen molar-refractivity contribution in [3.05, 3.63) is 10.9 Å². The number of imide groups is 1. The molecule has 3 rings (SSSR count). The van der Waals surface area contributed by atoms with Gasteiger partial charge in [0.2, 0.25) is 0 Å². The Labute approximate surface area is 171 Å². The number of anilines is 1. The van der Waals surface area contributed by atoms with E-state index in [1.165, 1.54) is 6.33 Å². The minimum atomic E-state index is -0.882. The van der Waals surface area contributed by atoms with E-state index < -0.39 is 23.4 Å². The number of nitrogens with zero attached hydrogens (tertiary/aromatic N) is 5. The van der Waals surface area contributed by atoms with Crippen LogP contribution in [-0.4, -0.2) is 43.1 Å². The molecule has 28 heavy (non-hydrogen) atoms. The fourth-order valence-corrected chi connectivity index (χ4v) is 3.05. The first kappa shape index (κ1) is 20.5. The summed E-state index contributed by atoms with van der Waals surface area (Å²) in [6.45, 7) is 10.3. The van der Waals surface area contributed by atoms with Crippen molar-refractivity contribution in [3.8, 4) is 0 Å². The molecule has 2 amide bonds. The molecule has 2 aromatic heterocycles. The lowest BCUT2D eigenvalue weighted by Crippen LogP contribution is -2.44. The minimum Gasteiger partial charge on any atom is -0.443 e. The van der Waals surface area contributed by atoms with E-state index in [2.05, 4.69) is 31.0 Å². The van der Waals surface area contributed by atoms with E-state index in [4.69, 9.17) is 9.47 Å². The first-order chi connectivity index (χ1) is 12.9. The monoisotopic (exact) mass is 453 g/mol. The summed E-state index contributed by atoms with van der Waals surface area (Å²) in [4.78, 5) is 35.1. The van der Waals surface area contributed by atoms with Gasteiger partial charge in [-0.1, -0.05) is 0 Å². The highest BCUT2D eigenvalue weighted by Crippen LogP contribution is 2.40. The van der Waals surface area contributed by atoms with Crippen LogP contribution in [0.1, 0.15) is 60.4 Å². The van der Waals surface area contributed by atoms with E-state index in [0.717, 1.165) is 17.7 Å². The van der Waals surface area contributed by atoms with Crippen molar-refractivity contribution in [1.82, 2.24) is 19.7 Å². The highest BCUT2D eigenvalue weighted by Gasteiger charge is 2.37. The van der Waals surface area contributed by atoms with Gasteiger partial charge in [0, 0.05) is 0 Å². The number of aromatic nitrogens is 4. The largest absolute Gasteiger partial charge is 0.443 e. The van der Waals surface area contributed by atoms with Crippen LogP contribution in [0.2, 0.25) is 0 Å². The van der Waals surface area contributed by atoms with Gasteiger partial charge in [-0.25, -0.2) is 24.2 Å². The molecule has 0 saturated heterocycles. The van der Waals surface area contributed by atoms with Crippen LogP contribution < -0.4 is 4.90 Å². The van der Waals surface area contributed by atoms with Crippen molar-refractivity contribution in [3.63, 3.8) is 0 Å². The molecule has 0 N–H and O–H groups in total. The number of halogens is 1. The van der Waals surface area contributed by atoms with Gasteiger partial charge in [0.05, 0.1) is 11.4 Å². The predicted octanol–water partition coefficient (Wildman–Crippen LogP) is 4.60. The molecule has 0 atom stereocenters. The van der Waals surface area contributed by atoms with Gasteiger partial charge in [-0.05, 0) is 70.3 Å². The second-order valence-electron chi connectivity index (χ2n) is 8.66. The molecule has 2 heterocycles. The molecule has 0 aromatic carbocycles. The Morgan fingerprint density at radius 3 is 2.07 bits per heavy atom. The third-order valence-corrected chi connectivity index (χ3v) is 4.24. The van der Waals surface area contributed by atoms with E-state index in [0.29, 0.717) is 15.6 Å². The van der Waals surface area contributed by atoms with Crippen molar-refractivity contribution >= 4 is 45.0 Å². The third kappa shape index (κ3) is 4.43. The van der Waals surface area contributed by atoms with Crippen LogP contribution in [0.25, 0.3) is 11.0 Å². The Hall–Kier alpha value is -2.23. The van der Waals surface area contributed by atoms with Gasteiger partial charge < -0.3 is 9.47 Å². The molecule has 0 aliphatic heterocycles. The lowest BCUT2D eigenvalue weighted by atomic mass is 10.2. The van der Waals surface area contributed by atoms with Crippen molar-refractivity contribution < 1.29 is 19.1 Å². The molecule has 0 radical (unpaired) electrons. The summed E-state index contributed by atoms with van der Waals surface area (Å²) in [6.07, 6.45) is 1.54. The average molecular weight is 454 g/mol. The van der Waals surface area contributed by atoms with Crippen LogP contribution in [0.3, 0.4) is 0 Å². The standard InChI is InChI=1S/C18H24BrN5O4/c1-17(2,3)27-15(25)23(16(26)28-18(4,5)6)13-11-12(19)22-24(10-7-8-10)14(11)21-9-20-13/h9-10H,7-8H2,1-6H3. The normalized spacial score (nSPS) is 14.8. The van der Waals surface area contributed by atoms with Gasteiger partial charge in [-0.15, -0.1) is 0 Å². The zero-order valence-electron chi connectivity index (χ0n) is 16.8. The van der Waals surface area contributed by atoms with Crippen LogP contribution in [0, 0.1) is 0 Å². The second kappa shape index (κ2) is 6.98. The van der Waals surface area contributed by atoms with Crippen molar-refractivity contribution in [2.24, 2.45) is 0 Å². The van der Waals surface area contributed by atoms with E-state index in [-0.39, 0.29) is 11.9 Å². The first-order valence-electron chi connectivity index (χ1n) is 9.02. The molecule has 10 heteroatoms. The Kier molecular flexibility index (Phi) is 5.11. The summed E-state index contributed by atoms with van der Waals surface area (Å²) >= 11 is 3.41. The highest BCUT2D eigenvalue weighted by molar-refractivity contribution is 9.10. The lowest BCUT2D eigenvalue weighted by Gasteiger charge is -2.28. The summed E-state index contributed by atoms with van der Waals surface area (Å²) in [5, 5.41) is 4.91. The quantitative estimate of drug-likeness (QED) is 0.654. The molecule has 2 aromatic rings. The molecule has 1 saturated carbocycles. The molecule has 0 unspecified atom stereocenters. The molecule has 0 spiro atoms. The smallest absolute Gasteiger partial charge is 0.425 e. The summed E-state index contributed by atoms with van der Waals surface area (Å²) in [6, 6.07) is 0.257. The van der Waals surface area contributed by atoms with Gasteiger partial charge in [-0.2, -0.15) is 10.00 Å². The maximum atomic E-state index is 12.9. The number of carbonyl (C=O) groups is 2. The predicted molar refractivity (Wildman–Crippen MR) is 106 cm³/mol. The second-order valence-corrected chi connectivity index (χ2v) is 9.41. The number of carbonyl (C=O) groups excluding carboxylic acids is 2. The molecular formula is C18H24BrN5O4. The molecular weight excluding hydrogens is 430 g/mol. The highest BCUT2D eigenvalue weighted by atomic mass is 79.9. The summed E-state index contributed by atoms with van der Waals surface area (Å²) < 4.78 is 13.1. The molecule has 1 fully saturated rings. The molecule has 0 bridgehead atoms. The maximum absolute atomic E-state index is 12.9. The van der Waals surface area contributed by atoms with E-state index in [1.54, 1.807) is 46.2 Å². The van der Waals surface area contributed by atoms with Gasteiger partial charge >= 0.3 is 12.2 Å². The number of fused-ring (bicyclic) bond motifs is 1. The third-order valence-electron chi connectivity index (χ3n) is 3.68. The van der Waals surface area contributed by atoms with Gasteiger partial charge in [0.15, 0.2) is 11.5 Å². The van der Waals surface area contributed by atoms with Crippen LogP contribution in [0.4, 0.5) is 15.4 Å². The summed E-state index contributed by atoms with van der Waals surface area (Å²) in [7, 11) is 0. The number of rotatable bonds is 2. The van der Waals surface area contributed by atoms with Crippen LogP contribution >= 0.6 is 15.9 Å². The molecule has 9 nitrogen and oxygen atoms in total. The lowest BCUT2D eigenvalue weighted by molar-refractivity contribution is 0.0429. The maximum Gasteiger partial charge on any atom is 0.425 e. The van der Waals surface area contributed by atoms with Gasteiger partial charge in [0.25, 0.3) is 0 Å². The van der Waals surface area contributed by atoms with Crippen LogP contribution in [-0.2, 0) is 9.47 Å². The fourth-order valence-electron chi connectivity index (χ4n) is 2.52. The Morgan fingerprint density at radius 2 is 1.61 bits per heavy atom. The average Bonchev–Trinajstić information content (AvgIpc) is 3.28. The topological polar surface area (TPSA) is 99.4 Å². The fraction of sp³-hybridized carbons (Fsp3) is 0.611. The van der Waals surface area contributed by atoms with E-state index >= 15 is 0 Å². The Morgan fingerprint density at radius 1 is 1.07 bits per heavy atom. The van der Waals surface area contributed by atoms with Crippen molar-refractivity contribution in [2.45, 2.75) is 71.6 Å². The number of hydrogen-bond donors (Lipinski definition) is 0. The van der Waals surface area contributed by atoms with Gasteiger partial charge in [0.1, 0.15) is 22.1 Å². The minimum absolute atomic E-state index is 0.0623. The molecule has 1 aliphatic carbocycles. The molecule has 1 aliphatic rings. The van der Waals surface area contributed by atoms with Crippen LogP contribution in [0.5, 0.6) is 0 Å². The zero-order chi connectivity index (χ0) is 20.9. The van der Waals surface area contributed by atoms with Gasteiger partial charge in [-0.3, -0.25) is 0 Å². The zero-order valence-corrected chi connectivity index (χ0v) is 18.4.